The third-order valence-electron chi connectivity index (χ3n) is 11.2. The van der Waals surface area contributed by atoms with E-state index in [1.807, 2.05) is 49.4 Å². The number of piperazine rings is 1. The Morgan fingerprint density at radius 3 is 2.28 bits per heavy atom. The van der Waals surface area contributed by atoms with Gasteiger partial charge >= 0.3 is 0 Å². The molecule has 3 heterocycles. The first-order chi connectivity index (χ1) is 31.2. The minimum Gasteiger partial charge on any atom is -0.491 e. The molecule has 328 valence electrons. The second-order valence-electron chi connectivity index (χ2n) is 15.3. The number of hydrogen-bond donors (Lipinski definition) is 2. The summed E-state index contributed by atoms with van der Waals surface area (Å²) in [5.41, 5.74) is 6.45. The van der Waals surface area contributed by atoms with Gasteiger partial charge in [0.15, 0.2) is 0 Å². The van der Waals surface area contributed by atoms with Gasteiger partial charge in [-0.15, -0.1) is 0 Å². The minimum atomic E-state index is -0.636. The number of amides is 2. The van der Waals surface area contributed by atoms with E-state index in [1.165, 1.54) is 29.2 Å². The summed E-state index contributed by atoms with van der Waals surface area (Å²) in [6, 6.07) is 29.8. The quantitative estimate of drug-likeness (QED) is 0.0733. The number of carbonyl (C=O) groups excluding carboxylic acids is 2. The molecule has 2 aromatic heterocycles. The van der Waals surface area contributed by atoms with Crippen LogP contribution in [0.5, 0.6) is 5.75 Å². The van der Waals surface area contributed by atoms with Crippen molar-refractivity contribution in [2.75, 3.05) is 59.2 Å². The van der Waals surface area contributed by atoms with Crippen LogP contribution in [0.25, 0.3) is 32.8 Å². The number of nitrogens with one attached hydrogen (secondary N) is 2. The predicted octanol–water partition coefficient (Wildman–Crippen LogP) is 8.09. The van der Waals surface area contributed by atoms with E-state index < -0.39 is 17.5 Å². The van der Waals surface area contributed by atoms with Gasteiger partial charge in [0, 0.05) is 43.4 Å². The minimum absolute atomic E-state index is 0.0592. The average Bonchev–Trinajstić information content (AvgIpc) is 3.79. The third kappa shape index (κ3) is 10.0. The van der Waals surface area contributed by atoms with Crippen LogP contribution in [0.4, 0.5) is 8.78 Å². The molecule has 0 saturated carbocycles. The molecule has 5 aromatic carbocycles. The lowest BCUT2D eigenvalue weighted by Gasteiger charge is -2.34. The molecule has 0 spiro atoms. The normalized spacial score (nSPS) is 13.4. The van der Waals surface area contributed by atoms with E-state index >= 15 is 0 Å². The summed E-state index contributed by atoms with van der Waals surface area (Å²) in [5, 5.41) is 16.4. The molecule has 2 amide bonds. The Balaban J connectivity index is 0.770. The van der Waals surface area contributed by atoms with Gasteiger partial charge in [-0.05, 0) is 94.4 Å². The summed E-state index contributed by atoms with van der Waals surface area (Å²) in [6.07, 6.45) is 2.72. The van der Waals surface area contributed by atoms with Gasteiger partial charge in [-0.3, -0.25) is 19.5 Å². The number of hydrogen-bond acceptors (Lipinski definition) is 8. The molecular formula is C49H45ClF2N6O6. The van der Waals surface area contributed by atoms with Crippen molar-refractivity contribution in [2.45, 2.75) is 19.8 Å². The summed E-state index contributed by atoms with van der Waals surface area (Å²) < 4.78 is 46.2. The highest BCUT2D eigenvalue weighted by Gasteiger charge is 2.27. The molecule has 1 aliphatic heterocycles. The van der Waals surface area contributed by atoms with Crippen molar-refractivity contribution in [1.82, 2.24) is 30.2 Å². The summed E-state index contributed by atoms with van der Waals surface area (Å²) >= 11 is 6.57. The van der Waals surface area contributed by atoms with Crippen LogP contribution in [-0.4, -0.2) is 101 Å². The lowest BCUT2D eigenvalue weighted by atomic mass is 9.87. The molecule has 8 rings (SSSR count). The molecule has 0 unspecified atom stereocenters. The number of allylic oxidation sites excluding steroid dienone is 1. The van der Waals surface area contributed by atoms with E-state index in [1.54, 1.807) is 41.4 Å². The third-order valence-corrected chi connectivity index (χ3v) is 11.5. The van der Waals surface area contributed by atoms with Gasteiger partial charge in [0.25, 0.3) is 11.5 Å². The zero-order valence-electron chi connectivity index (χ0n) is 35.0. The average molecular weight is 887 g/mol. The summed E-state index contributed by atoms with van der Waals surface area (Å²) in [6.45, 7) is 4.05. The van der Waals surface area contributed by atoms with Crippen LogP contribution >= 0.6 is 11.6 Å². The molecule has 0 atom stereocenters. The van der Waals surface area contributed by atoms with Gasteiger partial charge in [0.2, 0.25) is 5.91 Å². The molecule has 7 aromatic rings. The van der Waals surface area contributed by atoms with Crippen molar-refractivity contribution in [2.24, 2.45) is 0 Å². The fourth-order valence-electron chi connectivity index (χ4n) is 7.93. The lowest BCUT2D eigenvalue weighted by molar-refractivity contribution is -0.138. The van der Waals surface area contributed by atoms with Gasteiger partial charge in [-0.1, -0.05) is 67.1 Å². The molecule has 1 aliphatic rings. The monoisotopic (exact) mass is 886 g/mol. The number of nitrogens with zero attached hydrogens (tertiary/aromatic N) is 4. The fourth-order valence-corrected chi connectivity index (χ4v) is 8.21. The number of halogens is 3. The molecule has 0 radical (unpaired) electrons. The topological polar surface area (TPSA) is 143 Å². The molecule has 15 heteroatoms. The van der Waals surface area contributed by atoms with Gasteiger partial charge in [0.1, 0.15) is 30.6 Å². The Morgan fingerprint density at radius 2 is 1.50 bits per heavy atom. The van der Waals surface area contributed by atoms with Crippen LogP contribution in [0.15, 0.2) is 114 Å². The van der Waals surface area contributed by atoms with E-state index in [4.69, 9.17) is 25.8 Å². The lowest BCUT2D eigenvalue weighted by Crippen LogP contribution is -2.51. The first-order valence-electron chi connectivity index (χ1n) is 21.0. The number of carbonyl (C=O) groups is 2. The molecule has 1 saturated heterocycles. The molecular weight excluding hydrogens is 842 g/mol. The highest BCUT2D eigenvalue weighted by Crippen LogP contribution is 2.38. The number of aromatic amines is 2. The summed E-state index contributed by atoms with van der Waals surface area (Å²) in [7, 11) is 0. The second-order valence-corrected chi connectivity index (χ2v) is 15.7. The number of benzene rings is 5. The highest BCUT2D eigenvalue weighted by atomic mass is 35.5. The highest BCUT2D eigenvalue weighted by molar-refractivity contribution is 6.32. The zero-order chi connectivity index (χ0) is 44.6. The van der Waals surface area contributed by atoms with Gasteiger partial charge in [-0.25, -0.2) is 13.9 Å². The Kier molecular flexibility index (Phi) is 13.8. The predicted molar refractivity (Wildman–Crippen MR) is 241 cm³/mol. The second kappa shape index (κ2) is 20.2. The van der Waals surface area contributed by atoms with Crippen molar-refractivity contribution in [3.63, 3.8) is 0 Å². The van der Waals surface area contributed by atoms with Crippen molar-refractivity contribution in [3.8, 4) is 5.75 Å². The standard InChI is InChI=1S/C49H45ClF2N6O6/c1-2-37(38-14-11-35(51)28-42(38)50)47(33-10-16-44-34(27-33)29-53-54-44)32-8-12-36(13-9-32)64-24-23-62-21-22-63-30-46(59)57-17-19-58(20-18-57)49(61)41-25-31(7-15-43(41)52)26-45-39-5-3-4-6-40(39)48(60)56-55-45/h3-16,25,27-29H,2,17-24,26,30H2,1H3,(H,53,54)(H,56,60)/b47-37+. The Hall–Kier alpha value is -6.74. The smallest absolute Gasteiger partial charge is 0.272 e. The van der Waals surface area contributed by atoms with E-state index in [0.717, 1.165) is 38.7 Å². The number of fused-ring (bicyclic) bond motifs is 2. The maximum atomic E-state index is 15.0. The van der Waals surface area contributed by atoms with Gasteiger partial charge < -0.3 is 24.0 Å². The molecule has 2 N–H and O–H groups in total. The molecule has 0 aliphatic carbocycles. The first kappa shape index (κ1) is 43.9. The van der Waals surface area contributed by atoms with Crippen molar-refractivity contribution >= 4 is 56.2 Å². The SMILES string of the molecule is CC/C(=C(/c1ccc(OCCOCCOCC(=O)N2CCN(C(=O)c3cc(Cc4n[nH]c(=O)c5ccccc45)ccc3F)CC2)cc1)c1ccc2[nH]ncc2c1)c1ccc(F)cc1Cl. The Bertz CT molecular complexity index is 2890. The number of H-pyrrole nitrogens is 2. The van der Waals surface area contributed by atoms with Crippen LogP contribution in [0, 0.1) is 11.6 Å². The molecule has 64 heavy (non-hydrogen) atoms. The first-order valence-corrected chi connectivity index (χ1v) is 21.4. The zero-order valence-corrected chi connectivity index (χ0v) is 35.8. The Morgan fingerprint density at radius 1 is 0.766 bits per heavy atom. The van der Waals surface area contributed by atoms with Gasteiger partial charge in [-0.2, -0.15) is 10.2 Å². The maximum absolute atomic E-state index is 15.0. The summed E-state index contributed by atoms with van der Waals surface area (Å²) in [5.74, 6) is -1.04. The van der Waals surface area contributed by atoms with E-state index in [-0.39, 0.29) is 49.9 Å². The van der Waals surface area contributed by atoms with Crippen LogP contribution in [-0.2, 0) is 20.7 Å². The number of rotatable bonds is 16. The molecule has 1 fully saturated rings. The van der Waals surface area contributed by atoms with E-state index in [0.29, 0.717) is 71.9 Å². The van der Waals surface area contributed by atoms with Crippen molar-refractivity contribution in [1.29, 1.82) is 0 Å². The van der Waals surface area contributed by atoms with Crippen LogP contribution in [0.1, 0.15) is 51.7 Å². The summed E-state index contributed by atoms with van der Waals surface area (Å²) in [4.78, 5) is 41.7. The van der Waals surface area contributed by atoms with Crippen molar-refractivity contribution in [3.05, 3.63) is 170 Å². The van der Waals surface area contributed by atoms with Gasteiger partial charge in [0.05, 0.1) is 53.2 Å². The van der Waals surface area contributed by atoms with Crippen LogP contribution in [0.3, 0.4) is 0 Å². The van der Waals surface area contributed by atoms with E-state index in [9.17, 15) is 23.2 Å². The number of aromatic nitrogens is 4. The fraction of sp³-hybridized carbons (Fsp3) is 0.245. The largest absolute Gasteiger partial charge is 0.491 e. The maximum Gasteiger partial charge on any atom is 0.272 e. The van der Waals surface area contributed by atoms with Crippen LogP contribution < -0.4 is 10.3 Å². The Labute approximate surface area is 372 Å². The molecule has 0 bridgehead atoms. The number of ether oxygens (including phenoxy) is 3. The van der Waals surface area contributed by atoms with Crippen molar-refractivity contribution < 1.29 is 32.6 Å². The van der Waals surface area contributed by atoms with E-state index in [2.05, 4.69) is 26.5 Å². The van der Waals surface area contributed by atoms with Crippen LogP contribution in [0.2, 0.25) is 5.02 Å². The molecule has 12 nitrogen and oxygen atoms in total.